The van der Waals surface area contributed by atoms with E-state index in [1.165, 1.54) is 13.8 Å². The Bertz CT molecular complexity index is 689. The minimum Gasteiger partial charge on any atom is -1.00 e. The van der Waals surface area contributed by atoms with E-state index >= 15 is 0 Å². The van der Waals surface area contributed by atoms with E-state index in [2.05, 4.69) is 13.2 Å². The van der Waals surface area contributed by atoms with Gasteiger partial charge in [-0.25, -0.2) is 9.59 Å². The Morgan fingerprint density at radius 1 is 1.00 bits per heavy atom. The summed E-state index contributed by atoms with van der Waals surface area (Å²) >= 11 is 0. The maximum Gasteiger partial charge on any atom is 1.00 e. The van der Waals surface area contributed by atoms with E-state index in [0.29, 0.717) is 12.8 Å². The number of carbonyl (C=O) groups excluding carboxylic acids is 3. The summed E-state index contributed by atoms with van der Waals surface area (Å²) in [5, 5.41) is 0. The molecule has 0 rings (SSSR count). The molecule has 0 amide bonds. The maximum absolute atomic E-state index is 12.7. The van der Waals surface area contributed by atoms with E-state index in [0.717, 1.165) is 0 Å². The molecule has 0 saturated heterocycles. The Morgan fingerprint density at radius 3 is 1.79 bits per heavy atom. The molecule has 0 bridgehead atoms. The van der Waals surface area contributed by atoms with Crippen molar-refractivity contribution in [3.05, 3.63) is 24.3 Å². The Labute approximate surface area is 185 Å². The molecular weight excluding hydrogens is 399 g/mol. The molecule has 0 aliphatic heterocycles. The van der Waals surface area contributed by atoms with Gasteiger partial charge in [-0.15, -0.1) is 0 Å². The third kappa shape index (κ3) is 11.9. The summed E-state index contributed by atoms with van der Waals surface area (Å²) in [6, 6.07) is 0. The van der Waals surface area contributed by atoms with Crippen LogP contribution in [0.15, 0.2) is 24.3 Å². The van der Waals surface area contributed by atoms with Crippen molar-refractivity contribution in [3.8, 4) is 0 Å². The number of ether oxygens (including phenoxy) is 3. The van der Waals surface area contributed by atoms with Gasteiger partial charge in [0.15, 0.2) is 0 Å². The van der Waals surface area contributed by atoms with Gasteiger partial charge in [0.1, 0.15) is 31.0 Å². The molecule has 29 heavy (non-hydrogen) atoms. The van der Waals surface area contributed by atoms with Crippen molar-refractivity contribution in [1.82, 2.24) is 0 Å². The first-order valence-electron chi connectivity index (χ1n) is 8.62. The quantitative estimate of drug-likeness (QED) is 0.128. The molecule has 1 N–H and O–H groups in total. The molecule has 9 nitrogen and oxygen atoms in total. The first-order valence-corrected chi connectivity index (χ1v) is 10.2. The number of esters is 3. The van der Waals surface area contributed by atoms with E-state index in [9.17, 15) is 22.8 Å². The van der Waals surface area contributed by atoms with Crippen LogP contribution in [0.5, 0.6) is 0 Å². The minimum atomic E-state index is -4.33. The molecule has 0 spiro atoms. The first kappa shape index (κ1) is 29.6. The molecule has 0 saturated carbocycles. The van der Waals surface area contributed by atoms with Crippen molar-refractivity contribution in [3.63, 3.8) is 0 Å². The zero-order chi connectivity index (χ0) is 22.0. The Balaban J connectivity index is -0.00000364. The Kier molecular flexibility index (Phi) is 13.9. The van der Waals surface area contributed by atoms with Gasteiger partial charge in [0.2, 0.25) is 0 Å². The van der Waals surface area contributed by atoms with Crippen molar-refractivity contribution < 1.29 is 61.9 Å². The molecule has 0 aliphatic carbocycles. The van der Waals surface area contributed by atoms with Gasteiger partial charge in [-0.05, 0) is 20.3 Å². The van der Waals surface area contributed by atoms with E-state index in [4.69, 9.17) is 18.8 Å². The molecule has 0 heterocycles. The summed E-state index contributed by atoms with van der Waals surface area (Å²) in [7, 11) is -4.33. The topological polar surface area (TPSA) is 133 Å². The van der Waals surface area contributed by atoms with Crippen LogP contribution in [-0.2, 0) is 38.7 Å². The van der Waals surface area contributed by atoms with Crippen LogP contribution in [0.1, 0.15) is 41.5 Å². The van der Waals surface area contributed by atoms with Crippen LogP contribution < -0.4 is 18.9 Å². The standard InChI is InChI=1S/C18H28O9S.Li.H/c1-6-7-8-18(11-26-15(19)13(2)3,12-27-16(20)14(4)5)17(21)25-9-10-28(22,23)24;;/h2,4,6-12H2,1,3,5H3,(H,22,23,24);;/q;+1;-1. The fraction of sp³-hybridized carbons (Fsp3) is 0.611. The Hall–Kier alpha value is -1.60. The number of carbonyl (C=O) groups is 3. The van der Waals surface area contributed by atoms with Crippen molar-refractivity contribution in [2.75, 3.05) is 25.6 Å². The van der Waals surface area contributed by atoms with Crippen LogP contribution in [0, 0.1) is 5.41 Å². The molecule has 0 fully saturated rings. The molecule has 0 aromatic rings. The monoisotopic (exact) mass is 428 g/mol. The molecule has 11 heteroatoms. The van der Waals surface area contributed by atoms with Crippen molar-refractivity contribution in [2.45, 2.75) is 40.0 Å². The number of rotatable bonds is 13. The minimum absolute atomic E-state index is 0. The van der Waals surface area contributed by atoms with Gasteiger partial charge in [-0.2, -0.15) is 8.42 Å². The average Bonchev–Trinajstić information content (AvgIpc) is 2.59. The van der Waals surface area contributed by atoms with Crippen LogP contribution in [-0.4, -0.2) is 56.5 Å². The molecule has 162 valence electrons. The van der Waals surface area contributed by atoms with Gasteiger partial charge in [0, 0.05) is 11.1 Å². The number of hydrogen-bond acceptors (Lipinski definition) is 8. The predicted molar refractivity (Wildman–Crippen MR) is 102 cm³/mol. The fourth-order valence-corrected chi connectivity index (χ4v) is 2.26. The zero-order valence-corrected chi connectivity index (χ0v) is 18.3. The van der Waals surface area contributed by atoms with Gasteiger partial charge < -0.3 is 15.6 Å². The summed E-state index contributed by atoms with van der Waals surface area (Å²) in [4.78, 5) is 36.2. The van der Waals surface area contributed by atoms with E-state index in [1.807, 2.05) is 6.92 Å². The first-order chi connectivity index (χ1) is 12.8. The normalized spacial score (nSPS) is 11.0. The molecule has 0 aromatic heterocycles. The fourth-order valence-electron chi connectivity index (χ4n) is 1.97. The number of hydrogen-bond donors (Lipinski definition) is 1. The van der Waals surface area contributed by atoms with Gasteiger partial charge in [-0.3, -0.25) is 9.35 Å². The van der Waals surface area contributed by atoms with E-state index < -0.39 is 59.0 Å². The molecule has 0 unspecified atom stereocenters. The van der Waals surface area contributed by atoms with Crippen LogP contribution >= 0.6 is 0 Å². The van der Waals surface area contributed by atoms with Gasteiger partial charge in [-0.1, -0.05) is 32.9 Å². The van der Waals surface area contributed by atoms with Crippen LogP contribution in [0.4, 0.5) is 0 Å². The summed E-state index contributed by atoms with van der Waals surface area (Å²) < 4.78 is 45.6. The third-order valence-corrected chi connectivity index (χ3v) is 4.35. The van der Waals surface area contributed by atoms with Crippen LogP contribution in [0.3, 0.4) is 0 Å². The zero-order valence-electron chi connectivity index (χ0n) is 18.5. The summed E-state index contributed by atoms with van der Waals surface area (Å²) in [6.45, 7) is 10.1. The van der Waals surface area contributed by atoms with E-state index in [-0.39, 0.29) is 37.9 Å². The average molecular weight is 428 g/mol. The second kappa shape index (κ2) is 13.6. The summed E-state index contributed by atoms with van der Waals surface area (Å²) in [5.41, 5.74) is -1.31. The smallest absolute Gasteiger partial charge is 1.00 e. The predicted octanol–water partition coefficient (Wildman–Crippen LogP) is -1.05. The SMILES string of the molecule is C=C(C)C(=O)OCC(CCCC)(COC(=O)C(=C)C)C(=O)OCCS(=O)(=O)O.[H-].[Li+]. The van der Waals surface area contributed by atoms with Crippen molar-refractivity contribution in [2.24, 2.45) is 5.41 Å². The van der Waals surface area contributed by atoms with Crippen LogP contribution in [0.2, 0.25) is 0 Å². The second-order valence-electron chi connectivity index (χ2n) is 6.52. The van der Waals surface area contributed by atoms with E-state index in [1.54, 1.807) is 0 Å². The van der Waals surface area contributed by atoms with Gasteiger partial charge >= 0.3 is 36.8 Å². The third-order valence-electron chi connectivity index (χ3n) is 3.67. The van der Waals surface area contributed by atoms with Crippen molar-refractivity contribution >= 4 is 28.0 Å². The molecule has 0 aromatic carbocycles. The molecule has 0 aliphatic rings. The second-order valence-corrected chi connectivity index (χ2v) is 8.09. The molecule has 0 atom stereocenters. The molecular formula is C18H29LiO9S. The number of unbranched alkanes of at least 4 members (excludes halogenated alkanes) is 1. The summed E-state index contributed by atoms with van der Waals surface area (Å²) in [5.74, 6) is -3.18. The molecule has 0 radical (unpaired) electrons. The Morgan fingerprint density at radius 2 is 1.45 bits per heavy atom. The van der Waals surface area contributed by atoms with Crippen molar-refractivity contribution in [1.29, 1.82) is 0 Å². The maximum atomic E-state index is 12.7. The van der Waals surface area contributed by atoms with Crippen LogP contribution in [0.25, 0.3) is 0 Å². The summed E-state index contributed by atoms with van der Waals surface area (Å²) in [6.07, 6.45) is 1.35. The van der Waals surface area contributed by atoms with Gasteiger partial charge in [0.25, 0.3) is 10.1 Å². The largest absolute Gasteiger partial charge is 1.00 e. The van der Waals surface area contributed by atoms with Gasteiger partial charge in [0.05, 0.1) is 0 Å².